The third-order valence-electron chi connectivity index (χ3n) is 2.27. The number of halogens is 3. The van der Waals surface area contributed by atoms with Crippen LogP contribution in [0, 0.1) is 0 Å². The lowest BCUT2D eigenvalue weighted by Gasteiger charge is -2.09. The number of nitrogens with one attached hydrogen (secondary N) is 1. The van der Waals surface area contributed by atoms with Crippen molar-refractivity contribution in [3.63, 3.8) is 0 Å². The maximum Gasteiger partial charge on any atom is 0.405 e. The predicted molar refractivity (Wildman–Crippen MR) is 68.5 cm³/mol. The van der Waals surface area contributed by atoms with E-state index >= 15 is 0 Å². The van der Waals surface area contributed by atoms with Gasteiger partial charge in [-0.05, 0) is 24.3 Å². The van der Waals surface area contributed by atoms with Crippen LogP contribution in [0.2, 0.25) is 0 Å². The van der Waals surface area contributed by atoms with Gasteiger partial charge in [-0.3, -0.25) is 4.79 Å². The first-order valence-corrected chi connectivity index (χ1v) is 6.06. The third kappa shape index (κ3) is 7.36. The second-order valence-electron chi connectivity index (χ2n) is 4.02. The smallest absolute Gasteiger partial charge is 0.405 e. The van der Waals surface area contributed by atoms with Gasteiger partial charge < -0.3 is 19.5 Å². The summed E-state index contributed by atoms with van der Waals surface area (Å²) < 4.78 is 50.0. The number of alkyl halides is 3. The molecule has 22 heavy (non-hydrogen) atoms. The van der Waals surface area contributed by atoms with Crippen molar-refractivity contribution in [2.75, 3.05) is 26.9 Å². The molecule has 1 amide bonds. The van der Waals surface area contributed by atoms with Gasteiger partial charge in [-0.15, -0.1) is 0 Å². The summed E-state index contributed by atoms with van der Waals surface area (Å²) in [6, 6.07) is 6.35. The monoisotopic (exact) mass is 321 g/mol. The molecule has 0 saturated heterocycles. The first-order chi connectivity index (χ1) is 10.3. The van der Waals surface area contributed by atoms with Crippen molar-refractivity contribution >= 4 is 11.9 Å². The van der Waals surface area contributed by atoms with Gasteiger partial charge in [-0.1, -0.05) is 0 Å². The van der Waals surface area contributed by atoms with Crippen molar-refractivity contribution < 1.29 is 37.0 Å². The zero-order valence-corrected chi connectivity index (χ0v) is 11.6. The Morgan fingerprint density at radius 3 is 2.23 bits per heavy atom. The van der Waals surface area contributed by atoms with Gasteiger partial charge in [0, 0.05) is 0 Å². The molecule has 9 heteroatoms. The van der Waals surface area contributed by atoms with Crippen LogP contribution in [0.5, 0.6) is 11.5 Å². The van der Waals surface area contributed by atoms with Crippen molar-refractivity contribution in [2.45, 2.75) is 6.18 Å². The van der Waals surface area contributed by atoms with Crippen LogP contribution in [0.15, 0.2) is 24.3 Å². The lowest BCUT2D eigenvalue weighted by molar-refractivity contribution is -0.152. The summed E-state index contributed by atoms with van der Waals surface area (Å²) in [4.78, 5) is 22.3. The number of ether oxygens (including phenoxy) is 3. The quantitative estimate of drug-likeness (QED) is 0.766. The van der Waals surface area contributed by atoms with Crippen LogP contribution < -0.4 is 14.8 Å². The molecule has 1 N–H and O–H groups in total. The Labute approximate surface area is 124 Å². The molecule has 0 spiro atoms. The van der Waals surface area contributed by atoms with Crippen LogP contribution in [0.1, 0.15) is 0 Å². The van der Waals surface area contributed by atoms with Crippen LogP contribution in [0.25, 0.3) is 0 Å². The van der Waals surface area contributed by atoms with E-state index in [1.165, 1.54) is 7.11 Å². The van der Waals surface area contributed by atoms with Crippen LogP contribution in [0.3, 0.4) is 0 Å². The Hall–Kier alpha value is -2.45. The highest BCUT2D eigenvalue weighted by Crippen LogP contribution is 2.16. The van der Waals surface area contributed by atoms with Crippen LogP contribution in [-0.2, 0) is 14.3 Å². The first-order valence-electron chi connectivity index (χ1n) is 6.06. The zero-order valence-electron chi connectivity index (χ0n) is 11.6. The molecule has 0 aliphatic carbocycles. The van der Waals surface area contributed by atoms with E-state index in [1.54, 1.807) is 29.6 Å². The molecule has 0 aliphatic rings. The third-order valence-corrected chi connectivity index (χ3v) is 2.27. The van der Waals surface area contributed by atoms with Crippen molar-refractivity contribution in [2.24, 2.45) is 0 Å². The van der Waals surface area contributed by atoms with Crippen LogP contribution in [-0.4, -0.2) is 44.9 Å². The summed E-state index contributed by atoms with van der Waals surface area (Å²) in [5.41, 5.74) is 0. The van der Waals surface area contributed by atoms with Gasteiger partial charge in [0.15, 0.2) is 13.2 Å². The fraction of sp³-hybridized carbons (Fsp3) is 0.385. The molecule has 0 saturated carbocycles. The van der Waals surface area contributed by atoms with Crippen molar-refractivity contribution in [1.29, 1.82) is 0 Å². The number of rotatable bonds is 7. The average molecular weight is 321 g/mol. The Balaban J connectivity index is 2.24. The normalized spacial score (nSPS) is 10.7. The molecule has 1 rings (SSSR count). The number of esters is 1. The van der Waals surface area contributed by atoms with E-state index in [0.29, 0.717) is 11.5 Å². The SMILES string of the molecule is COc1ccc(OCC(=O)OCC(=O)NCC(F)(F)F)cc1. The molecule has 0 aromatic heterocycles. The summed E-state index contributed by atoms with van der Waals surface area (Å²) in [7, 11) is 1.50. The summed E-state index contributed by atoms with van der Waals surface area (Å²) in [5.74, 6) is -0.941. The Bertz CT molecular complexity index is 501. The van der Waals surface area contributed by atoms with Crippen LogP contribution >= 0.6 is 0 Å². The Morgan fingerprint density at radius 1 is 1.09 bits per heavy atom. The number of carbonyl (C=O) groups excluding carboxylic acids is 2. The molecular formula is C13H14F3NO5. The summed E-state index contributed by atoms with van der Waals surface area (Å²) in [6.07, 6.45) is -4.52. The number of carbonyl (C=O) groups is 2. The number of amides is 1. The van der Waals surface area contributed by atoms with E-state index in [2.05, 4.69) is 4.74 Å². The predicted octanol–water partition coefficient (Wildman–Crippen LogP) is 1.30. The molecule has 0 bridgehead atoms. The molecule has 122 valence electrons. The number of benzene rings is 1. The molecule has 0 fully saturated rings. The molecule has 0 radical (unpaired) electrons. The minimum Gasteiger partial charge on any atom is -0.497 e. The fourth-order valence-corrected chi connectivity index (χ4v) is 1.25. The summed E-state index contributed by atoms with van der Waals surface area (Å²) >= 11 is 0. The van der Waals surface area contributed by atoms with Gasteiger partial charge in [-0.25, -0.2) is 4.79 Å². The van der Waals surface area contributed by atoms with Crippen molar-refractivity contribution in [3.8, 4) is 11.5 Å². The molecule has 0 aliphatic heterocycles. The standard InChI is InChI=1S/C13H14F3NO5/c1-20-9-2-4-10(5-3-9)21-7-12(19)22-6-11(18)17-8-13(14,15)16/h2-5H,6-8H2,1H3,(H,17,18). The highest BCUT2D eigenvalue weighted by atomic mass is 19.4. The fourth-order valence-electron chi connectivity index (χ4n) is 1.25. The van der Waals surface area contributed by atoms with E-state index in [4.69, 9.17) is 9.47 Å². The van der Waals surface area contributed by atoms with E-state index in [0.717, 1.165) is 0 Å². The van der Waals surface area contributed by atoms with Gasteiger partial charge in [0.25, 0.3) is 5.91 Å². The maximum absolute atomic E-state index is 11.8. The Morgan fingerprint density at radius 2 is 1.68 bits per heavy atom. The topological polar surface area (TPSA) is 73.9 Å². The molecule has 1 aromatic rings. The largest absolute Gasteiger partial charge is 0.497 e. The number of hydrogen-bond donors (Lipinski definition) is 1. The lowest BCUT2D eigenvalue weighted by Crippen LogP contribution is -2.36. The first kappa shape index (κ1) is 17.6. The molecular weight excluding hydrogens is 307 g/mol. The van der Waals surface area contributed by atoms with E-state index in [9.17, 15) is 22.8 Å². The van der Waals surface area contributed by atoms with Crippen molar-refractivity contribution in [1.82, 2.24) is 5.32 Å². The second kappa shape index (κ2) is 8.11. The summed E-state index contributed by atoms with van der Waals surface area (Å²) in [6.45, 7) is -2.76. The van der Waals surface area contributed by atoms with E-state index in [-0.39, 0.29) is 0 Å². The lowest BCUT2D eigenvalue weighted by atomic mass is 10.3. The zero-order chi connectivity index (χ0) is 16.6. The van der Waals surface area contributed by atoms with Gasteiger partial charge in [0.05, 0.1) is 7.11 Å². The van der Waals surface area contributed by atoms with E-state index < -0.39 is 37.8 Å². The second-order valence-corrected chi connectivity index (χ2v) is 4.02. The minimum atomic E-state index is -4.52. The highest BCUT2D eigenvalue weighted by Gasteiger charge is 2.27. The van der Waals surface area contributed by atoms with Gasteiger partial charge in [-0.2, -0.15) is 13.2 Å². The van der Waals surface area contributed by atoms with Gasteiger partial charge in [0.2, 0.25) is 0 Å². The summed E-state index contributed by atoms with van der Waals surface area (Å²) in [5, 5.41) is 1.57. The number of hydrogen-bond acceptors (Lipinski definition) is 5. The molecule has 0 unspecified atom stereocenters. The Kier molecular flexibility index (Phi) is 6.48. The number of methoxy groups -OCH3 is 1. The van der Waals surface area contributed by atoms with Gasteiger partial charge in [0.1, 0.15) is 18.0 Å². The molecule has 0 heterocycles. The molecule has 1 aromatic carbocycles. The van der Waals surface area contributed by atoms with E-state index in [1.807, 2.05) is 0 Å². The maximum atomic E-state index is 11.8. The average Bonchev–Trinajstić information content (AvgIpc) is 2.48. The van der Waals surface area contributed by atoms with Gasteiger partial charge >= 0.3 is 12.1 Å². The molecule has 6 nitrogen and oxygen atoms in total. The highest BCUT2D eigenvalue weighted by molar-refractivity contribution is 5.80. The van der Waals surface area contributed by atoms with Crippen molar-refractivity contribution in [3.05, 3.63) is 24.3 Å². The van der Waals surface area contributed by atoms with Crippen LogP contribution in [0.4, 0.5) is 13.2 Å². The molecule has 0 atom stereocenters. The minimum absolute atomic E-state index is 0.374.